The lowest BCUT2D eigenvalue weighted by Gasteiger charge is -2.10. The number of halogens is 2. The van der Waals surface area contributed by atoms with E-state index >= 15 is 0 Å². The molecule has 1 saturated heterocycles. The predicted molar refractivity (Wildman–Crippen MR) is 25.0 cm³/mol. The van der Waals surface area contributed by atoms with Gasteiger partial charge in [-0.15, -0.1) is 0 Å². The van der Waals surface area contributed by atoms with Gasteiger partial charge in [0.15, 0.2) is 0 Å². The number of hydrogen-bond donors (Lipinski definition) is 0. The van der Waals surface area contributed by atoms with Gasteiger partial charge in [0, 0.05) is 6.42 Å². The molecule has 1 unspecified atom stereocenters. The standard InChI is InChI=1S/C5H8F2O/c1-4-5(6,7)2-3-8-4/h4H,2-3H2,1H3. The molecule has 0 aliphatic carbocycles. The normalized spacial score (nSPS) is 35.6. The molecule has 1 rings (SSSR count). The molecule has 1 atom stereocenters. The molecule has 1 aliphatic rings. The minimum Gasteiger partial charge on any atom is -0.372 e. The summed E-state index contributed by atoms with van der Waals surface area (Å²) in [5.74, 6) is -2.57. The van der Waals surface area contributed by atoms with Crippen molar-refractivity contribution in [3.05, 3.63) is 0 Å². The quantitative estimate of drug-likeness (QED) is 0.472. The molecule has 0 spiro atoms. The van der Waals surface area contributed by atoms with E-state index in [4.69, 9.17) is 0 Å². The second-order valence-corrected chi connectivity index (χ2v) is 2.02. The van der Waals surface area contributed by atoms with Crippen LogP contribution in [0.1, 0.15) is 13.3 Å². The Morgan fingerprint density at radius 3 is 2.38 bits per heavy atom. The highest BCUT2D eigenvalue weighted by Gasteiger charge is 2.41. The van der Waals surface area contributed by atoms with Gasteiger partial charge in [-0.25, -0.2) is 8.78 Å². The molecule has 3 heteroatoms. The fourth-order valence-electron chi connectivity index (χ4n) is 0.697. The van der Waals surface area contributed by atoms with Gasteiger partial charge < -0.3 is 4.74 Å². The van der Waals surface area contributed by atoms with Crippen molar-refractivity contribution in [2.45, 2.75) is 25.4 Å². The Labute approximate surface area is 46.6 Å². The Balaban J connectivity index is 2.54. The zero-order valence-corrected chi connectivity index (χ0v) is 4.66. The first-order valence-corrected chi connectivity index (χ1v) is 2.62. The maximum absolute atomic E-state index is 12.2. The van der Waals surface area contributed by atoms with Crippen molar-refractivity contribution in [3.63, 3.8) is 0 Å². The smallest absolute Gasteiger partial charge is 0.275 e. The van der Waals surface area contributed by atoms with Gasteiger partial charge in [-0.2, -0.15) is 0 Å². The molecular weight excluding hydrogens is 114 g/mol. The van der Waals surface area contributed by atoms with E-state index in [1.807, 2.05) is 0 Å². The fraction of sp³-hybridized carbons (Fsp3) is 1.00. The molecule has 0 radical (unpaired) electrons. The molecule has 1 nitrogen and oxygen atoms in total. The fourth-order valence-corrected chi connectivity index (χ4v) is 0.697. The molecule has 0 amide bonds. The Morgan fingerprint density at radius 2 is 2.25 bits per heavy atom. The van der Waals surface area contributed by atoms with Crippen molar-refractivity contribution in [1.29, 1.82) is 0 Å². The van der Waals surface area contributed by atoms with Gasteiger partial charge in [-0.3, -0.25) is 0 Å². The average molecular weight is 122 g/mol. The van der Waals surface area contributed by atoms with E-state index in [1.54, 1.807) is 0 Å². The summed E-state index contributed by atoms with van der Waals surface area (Å²) < 4.78 is 29.0. The van der Waals surface area contributed by atoms with Crippen LogP contribution in [0.4, 0.5) is 8.78 Å². The van der Waals surface area contributed by atoms with Gasteiger partial charge in [0.25, 0.3) is 5.92 Å². The first-order chi connectivity index (χ1) is 3.63. The number of hydrogen-bond acceptors (Lipinski definition) is 1. The molecule has 0 N–H and O–H groups in total. The molecule has 0 aromatic rings. The van der Waals surface area contributed by atoms with Crippen molar-refractivity contribution in [2.75, 3.05) is 6.61 Å². The molecule has 0 aromatic carbocycles. The van der Waals surface area contributed by atoms with Gasteiger partial charge in [-0.05, 0) is 6.92 Å². The summed E-state index contributed by atoms with van der Waals surface area (Å²) in [4.78, 5) is 0. The SMILES string of the molecule is CC1OCCC1(F)F. The molecule has 8 heavy (non-hydrogen) atoms. The lowest BCUT2D eigenvalue weighted by Crippen LogP contribution is -2.24. The number of alkyl halides is 2. The highest BCUT2D eigenvalue weighted by Crippen LogP contribution is 2.30. The summed E-state index contributed by atoms with van der Waals surface area (Å²) in [6, 6.07) is 0. The van der Waals surface area contributed by atoms with Gasteiger partial charge in [0.1, 0.15) is 6.10 Å². The molecule has 48 valence electrons. The third-order valence-electron chi connectivity index (χ3n) is 1.40. The summed E-state index contributed by atoms with van der Waals surface area (Å²) in [5.41, 5.74) is 0. The topological polar surface area (TPSA) is 9.23 Å². The zero-order valence-electron chi connectivity index (χ0n) is 4.66. The van der Waals surface area contributed by atoms with Crippen LogP contribution in [0.5, 0.6) is 0 Å². The average Bonchev–Trinajstić information content (AvgIpc) is 1.86. The molecule has 0 saturated carbocycles. The van der Waals surface area contributed by atoms with Crippen LogP contribution >= 0.6 is 0 Å². The highest BCUT2D eigenvalue weighted by atomic mass is 19.3. The van der Waals surface area contributed by atoms with Crippen LogP contribution in [0.25, 0.3) is 0 Å². The maximum Gasteiger partial charge on any atom is 0.275 e. The van der Waals surface area contributed by atoms with Crippen molar-refractivity contribution < 1.29 is 13.5 Å². The summed E-state index contributed by atoms with van der Waals surface area (Å²) in [7, 11) is 0. The number of ether oxygens (including phenoxy) is 1. The van der Waals surface area contributed by atoms with Crippen molar-refractivity contribution in [2.24, 2.45) is 0 Å². The maximum atomic E-state index is 12.2. The second kappa shape index (κ2) is 1.65. The Morgan fingerprint density at radius 1 is 1.62 bits per heavy atom. The summed E-state index contributed by atoms with van der Waals surface area (Å²) in [6.45, 7) is 1.60. The van der Waals surface area contributed by atoms with Crippen LogP contribution in [-0.4, -0.2) is 18.6 Å². The van der Waals surface area contributed by atoms with E-state index in [1.165, 1.54) is 6.92 Å². The molecule has 1 heterocycles. The Bertz CT molecular complexity index is 92.4. The molecule has 0 bridgehead atoms. The van der Waals surface area contributed by atoms with E-state index in [2.05, 4.69) is 4.74 Å². The van der Waals surface area contributed by atoms with E-state index in [-0.39, 0.29) is 13.0 Å². The van der Waals surface area contributed by atoms with E-state index in [0.29, 0.717) is 0 Å². The van der Waals surface area contributed by atoms with Crippen LogP contribution in [0, 0.1) is 0 Å². The summed E-state index contributed by atoms with van der Waals surface area (Å²) in [6.07, 6.45) is -0.990. The lowest BCUT2D eigenvalue weighted by molar-refractivity contribution is -0.0583. The minimum absolute atomic E-state index is 0.117. The summed E-state index contributed by atoms with van der Waals surface area (Å²) >= 11 is 0. The van der Waals surface area contributed by atoms with E-state index in [0.717, 1.165) is 0 Å². The second-order valence-electron chi connectivity index (χ2n) is 2.02. The van der Waals surface area contributed by atoms with Crippen molar-refractivity contribution in [3.8, 4) is 0 Å². The van der Waals surface area contributed by atoms with Crippen LogP contribution in [-0.2, 0) is 4.74 Å². The largest absolute Gasteiger partial charge is 0.372 e. The van der Waals surface area contributed by atoms with Crippen LogP contribution in [0.3, 0.4) is 0 Å². The Hall–Kier alpha value is -0.180. The summed E-state index contributed by atoms with van der Waals surface area (Å²) in [5, 5.41) is 0. The van der Waals surface area contributed by atoms with E-state index in [9.17, 15) is 8.78 Å². The van der Waals surface area contributed by atoms with Gasteiger partial charge in [-0.1, -0.05) is 0 Å². The van der Waals surface area contributed by atoms with Crippen LogP contribution in [0.2, 0.25) is 0 Å². The zero-order chi connectivity index (χ0) is 6.20. The molecule has 0 aromatic heterocycles. The monoisotopic (exact) mass is 122 g/mol. The first kappa shape index (κ1) is 5.95. The van der Waals surface area contributed by atoms with Gasteiger partial charge in [0.05, 0.1) is 6.61 Å². The molecule has 1 fully saturated rings. The van der Waals surface area contributed by atoms with Crippen LogP contribution < -0.4 is 0 Å². The predicted octanol–water partition coefficient (Wildman–Crippen LogP) is 1.43. The van der Waals surface area contributed by atoms with Crippen molar-refractivity contribution >= 4 is 0 Å². The van der Waals surface area contributed by atoms with Crippen molar-refractivity contribution in [1.82, 2.24) is 0 Å². The third kappa shape index (κ3) is 0.823. The van der Waals surface area contributed by atoms with Gasteiger partial charge in [0.2, 0.25) is 0 Å². The van der Waals surface area contributed by atoms with E-state index < -0.39 is 12.0 Å². The Kier molecular flexibility index (Phi) is 1.23. The highest BCUT2D eigenvalue weighted by molar-refractivity contribution is 4.79. The lowest BCUT2D eigenvalue weighted by atomic mass is 10.2. The minimum atomic E-state index is -2.57. The van der Waals surface area contributed by atoms with Gasteiger partial charge >= 0.3 is 0 Å². The first-order valence-electron chi connectivity index (χ1n) is 2.62. The number of rotatable bonds is 0. The van der Waals surface area contributed by atoms with Crippen LogP contribution in [0.15, 0.2) is 0 Å². The third-order valence-corrected chi connectivity index (χ3v) is 1.40. The molecular formula is C5H8F2O. The molecule has 1 aliphatic heterocycles.